The van der Waals surface area contributed by atoms with Crippen LogP contribution in [0.5, 0.6) is 0 Å². The van der Waals surface area contributed by atoms with Crippen LogP contribution in [0, 0.1) is 0 Å². The minimum atomic E-state index is 0.164. The van der Waals surface area contributed by atoms with E-state index in [0.29, 0.717) is 18.0 Å². The lowest BCUT2D eigenvalue weighted by molar-refractivity contribution is 0.0595. The van der Waals surface area contributed by atoms with Crippen molar-refractivity contribution in [2.45, 2.75) is 58.5 Å². The standard InChI is InChI=1S/C24H36N4O/c1-17(2)26-9-7-19(8-10-26)22-16-25-23-15-20(5-6-21(22)23)24(29)28-13-11-27(12-14-28)18(3)4/h5-6,15-19,25H,7-14H2,1-4H3. The van der Waals surface area contributed by atoms with E-state index in [1.165, 1.54) is 36.9 Å². The van der Waals surface area contributed by atoms with Crippen LogP contribution in [0.15, 0.2) is 24.4 Å². The van der Waals surface area contributed by atoms with Gasteiger partial charge in [-0.3, -0.25) is 9.69 Å². The highest BCUT2D eigenvalue weighted by atomic mass is 16.2. The zero-order valence-electron chi connectivity index (χ0n) is 18.4. The zero-order valence-corrected chi connectivity index (χ0v) is 18.4. The maximum atomic E-state index is 13.0. The van der Waals surface area contributed by atoms with Crippen LogP contribution in [0.4, 0.5) is 0 Å². The Morgan fingerprint density at radius 2 is 1.55 bits per heavy atom. The van der Waals surface area contributed by atoms with Gasteiger partial charge in [0, 0.05) is 60.9 Å². The third kappa shape index (κ3) is 4.22. The van der Waals surface area contributed by atoms with Crippen LogP contribution in [0.3, 0.4) is 0 Å². The summed E-state index contributed by atoms with van der Waals surface area (Å²) in [6, 6.07) is 7.43. The van der Waals surface area contributed by atoms with Crippen molar-refractivity contribution in [2.24, 2.45) is 0 Å². The number of piperazine rings is 1. The molecular weight excluding hydrogens is 360 g/mol. The Kier molecular flexibility index (Phi) is 5.98. The molecule has 5 nitrogen and oxygen atoms in total. The van der Waals surface area contributed by atoms with Gasteiger partial charge < -0.3 is 14.8 Å². The maximum absolute atomic E-state index is 13.0. The molecule has 0 saturated carbocycles. The molecule has 3 heterocycles. The number of rotatable bonds is 4. The summed E-state index contributed by atoms with van der Waals surface area (Å²) in [5, 5.41) is 1.29. The number of hydrogen-bond acceptors (Lipinski definition) is 3. The summed E-state index contributed by atoms with van der Waals surface area (Å²) in [6.07, 6.45) is 4.61. The Hall–Kier alpha value is -1.85. The van der Waals surface area contributed by atoms with E-state index in [1.807, 2.05) is 11.0 Å². The summed E-state index contributed by atoms with van der Waals surface area (Å²) in [4.78, 5) is 23.5. The van der Waals surface area contributed by atoms with E-state index < -0.39 is 0 Å². The van der Waals surface area contributed by atoms with Crippen LogP contribution in [0.25, 0.3) is 10.9 Å². The number of carbonyl (C=O) groups is 1. The number of aromatic nitrogens is 1. The minimum absolute atomic E-state index is 0.164. The van der Waals surface area contributed by atoms with E-state index in [9.17, 15) is 4.79 Å². The Morgan fingerprint density at radius 3 is 2.17 bits per heavy atom. The van der Waals surface area contributed by atoms with Gasteiger partial charge in [-0.15, -0.1) is 0 Å². The molecule has 2 fully saturated rings. The SMILES string of the molecule is CC(C)N1CCC(c2c[nH]c3cc(C(=O)N4CCN(C(C)C)CC4)ccc23)CC1. The number of benzene rings is 1. The smallest absolute Gasteiger partial charge is 0.254 e. The monoisotopic (exact) mass is 396 g/mol. The topological polar surface area (TPSA) is 42.6 Å². The van der Waals surface area contributed by atoms with Gasteiger partial charge >= 0.3 is 0 Å². The fourth-order valence-electron chi connectivity index (χ4n) is 4.97. The number of H-pyrrole nitrogens is 1. The number of fused-ring (bicyclic) bond motifs is 1. The van der Waals surface area contributed by atoms with E-state index >= 15 is 0 Å². The number of nitrogens with zero attached hydrogens (tertiary/aromatic N) is 3. The number of aromatic amines is 1. The van der Waals surface area contributed by atoms with Gasteiger partial charge in [0.15, 0.2) is 0 Å². The van der Waals surface area contributed by atoms with Crippen molar-refractivity contribution in [2.75, 3.05) is 39.3 Å². The third-order valence-electron chi connectivity index (χ3n) is 6.99. The minimum Gasteiger partial charge on any atom is -0.361 e. The summed E-state index contributed by atoms with van der Waals surface area (Å²) in [7, 11) is 0. The van der Waals surface area contributed by atoms with Crippen molar-refractivity contribution in [1.82, 2.24) is 19.7 Å². The molecule has 2 aliphatic rings. The van der Waals surface area contributed by atoms with Crippen molar-refractivity contribution < 1.29 is 4.79 Å². The van der Waals surface area contributed by atoms with Crippen LogP contribution in [0.2, 0.25) is 0 Å². The maximum Gasteiger partial charge on any atom is 0.254 e. The molecule has 0 bridgehead atoms. The molecule has 158 valence electrons. The highest BCUT2D eigenvalue weighted by Gasteiger charge is 2.26. The molecule has 0 aliphatic carbocycles. The second-order valence-electron chi connectivity index (χ2n) is 9.33. The lowest BCUT2D eigenvalue weighted by atomic mass is 9.88. The van der Waals surface area contributed by atoms with Gasteiger partial charge in [0.05, 0.1) is 0 Å². The quantitative estimate of drug-likeness (QED) is 0.852. The molecule has 4 rings (SSSR count). The first-order valence-corrected chi connectivity index (χ1v) is 11.3. The number of piperidine rings is 1. The number of hydrogen-bond donors (Lipinski definition) is 1. The highest BCUT2D eigenvalue weighted by Crippen LogP contribution is 2.34. The van der Waals surface area contributed by atoms with Crippen molar-refractivity contribution in [1.29, 1.82) is 0 Å². The predicted molar refractivity (Wildman–Crippen MR) is 120 cm³/mol. The summed E-state index contributed by atoms with van der Waals surface area (Å²) in [5.41, 5.74) is 3.32. The Morgan fingerprint density at radius 1 is 0.931 bits per heavy atom. The lowest BCUT2D eigenvalue weighted by Crippen LogP contribution is -2.50. The van der Waals surface area contributed by atoms with Crippen molar-refractivity contribution in [3.05, 3.63) is 35.5 Å². The third-order valence-corrected chi connectivity index (χ3v) is 6.99. The molecule has 2 aliphatic heterocycles. The van der Waals surface area contributed by atoms with E-state index in [1.54, 1.807) is 0 Å². The van der Waals surface area contributed by atoms with Crippen molar-refractivity contribution in [3.8, 4) is 0 Å². The molecule has 0 radical (unpaired) electrons. The molecule has 0 spiro atoms. The zero-order chi connectivity index (χ0) is 20.5. The van der Waals surface area contributed by atoms with Gasteiger partial charge in [-0.2, -0.15) is 0 Å². The van der Waals surface area contributed by atoms with Crippen LogP contribution in [-0.2, 0) is 0 Å². The molecule has 1 aromatic heterocycles. The molecule has 1 N–H and O–H groups in total. The lowest BCUT2D eigenvalue weighted by Gasteiger charge is -2.37. The van der Waals surface area contributed by atoms with E-state index in [2.05, 4.69) is 60.8 Å². The number of nitrogens with one attached hydrogen (secondary N) is 1. The largest absolute Gasteiger partial charge is 0.361 e. The molecule has 5 heteroatoms. The van der Waals surface area contributed by atoms with Gasteiger partial charge in [0.25, 0.3) is 5.91 Å². The summed E-state index contributed by atoms with van der Waals surface area (Å²) in [5.74, 6) is 0.779. The molecule has 0 unspecified atom stereocenters. The summed E-state index contributed by atoms with van der Waals surface area (Å²) in [6.45, 7) is 14.9. The van der Waals surface area contributed by atoms with Gasteiger partial charge in [0.1, 0.15) is 0 Å². The van der Waals surface area contributed by atoms with Crippen LogP contribution >= 0.6 is 0 Å². The first-order valence-electron chi connectivity index (χ1n) is 11.3. The average molecular weight is 397 g/mol. The van der Waals surface area contributed by atoms with E-state index in [-0.39, 0.29) is 5.91 Å². The van der Waals surface area contributed by atoms with E-state index in [0.717, 1.165) is 37.3 Å². The van der Waals surface area contributed by atoms with Crippen LogP contribution in [-0.4, -0.2) is 76.9 Å². The molecule has 1 aromatic carbocycles. The van der Waals surface area contributed by atoms with Gasteiger partial charge in [0.2, 0.25) is 0 Å². The van der Waals surface area contributed by atoms with Gasteiger partial charge in [-0.25, -0.2) is 0 Å². The second kappa shape index (κ2) is 8.49. The fraction of sp³-hybridized carbons (Fsp3) is 0.625. The second-order valence-corrected chi connectivity index (χ2v) is 9.33. The number of amides is 1. The molecule has 29 heavy (non-hydrogen) atoms. The molecule has 1 amide bonds. The van der Waals surface area contributed by atoms with Gasteiger partial charge in [-0.1, -0.05) is 6.07 Å². The molecule has 2 aromatic rings. The average Bonchev–Trinajstić information content (AvgIpc) is 3.16. The number of likely N-dealkylation sites (tertiary alicyclic amines) is 1. The Bertz CT molecular complexity index is 840. The first kappa shape index (κ1) is 20.4. The molecular formula is C24H36N4O. The van der Waals surface area contributed by atoms with E-state index in [4.69, 9.17) is 0 Å². The van der Waals surface area contributed by atoms with Crippen LogP contribution < -0.4 is 0 Å². The van der Waals surface area contributed by atoms with Crippen LogP contribution in [0.1, 0.15) is 62.4 Å². The fourth-order valence-corrected chi connectivity index (χ4v) is 4.97. The Balaban J connectivity index is 1.45. The highest BCUT2D eigenvalue weighted by molar-refractivity contribution is 5.98. The molecule has 0 atom stereocenters. The van der Waals surface area contributed by atoms with Gasteiger partial charge in [-0.05, 0) is 77.2 Å². The molecule has 2 saturated heterocycles. The number of carbonyl (C=O) groups excluding carboxylic acids is 1. The first-order chi connectivity index (χ1) is 13.9. The summed E-state index contributed by atoms with van der Waals surface area (Å²) >= 11 is 0. The normalized spacial score (nSPS) is 20.3. The summed E-state index contributed by atoms with van der Waals surface area (Å²) < 4.78 is 0. The van der Waals surface area contributed by atoms with Crippen molar-refractivity contribution >= 4 is 16.8 Å². The Labute approximate surface area is 175 Å². The van der Waals surface area contributed by atoms with Crippen molar-refractivity contribution in [3.63, 3.8) is 0 Å². The predicted octanol–water partition coefficient (Wildman–Crippen LogP) is 3.92.